The van der Waals surface area contributed by atoms with E-state index in [2.05, 4.69) is 15.6 Å². The number of alkyl halides is 3. The number of hydrogen-bond donors (Lipinski definition) is 2. The summed E-state index contributed by atoms with van der Waals surface area (Å²) in [5, 5.41) is 5.96. The summed E-state index contributed by atoms with van der Waals surface area (Å²) in [5.41, 5.74) is 0.631. The molecule has 0 radical (unpaired) electrons. The van der Waals surface area contributed by atoms with Gasteiger partial charge in [0.2, 0.25) is 0 Å². The van der Waals surface area contributed by atoms with Crippen LogP contribution in [0.1, 0.15) is 31.2 Å². The van der Waals surface area contributed by atoms with E-state index in [1.54, 1.807) is 18.2 Å². The number of rotatable bonds is 5. The van der Waals surface area contributed by atoms with Crippen LogP contribution in [0.2, 0.25) is 0 Å². The van der Waals surface area contributed by atoms with E-state index in [0.717, 1.165) is 6.42 Å². The topological polar surface area (TPSA) is 36.4 Å². The molecule has 1 aromatic rings. The van der Waals surface area contributed by atoms with Gasteiger partial charge in [-0.15, -0.1) is 0 Å². The lowest BCUT2D eigenvalue weighted by Crippen LogP contribution is -2.39. The fourth-order valence-corrected chi connectivity index (χ4v) is 2.26. The molecule has 2 N–H and O–H groups in total. The Hall–Kier alpha value is -1.79. The fraction of sp³-hybridized carbons (Fsp3) is 0.533. The SMILES string of the molecule is CCNC(=NCCC(F)(F)F)NC1CC1c1ccccc1F. The van der Waals surface area contributed by atoms with Crippen molar-refractivity contribution >= 4 is 5.96 Å². The van der Waals surface area contributed by atoms with Crippen LogP contribution in [0.5, 0.6) is 0 Å². The summed E-state index contributed by atoms with van der Waals surface area (Å²) in [5.74, 6) is 0.124. The summed E-state index contributed by atoms with van der Waals surface area (Å²) in [4.78, 5) is 3.91. The van der Waals surface area contributed by atoms with Gasteiger partial charge in [0, 0.05) is 18.5 Å². The van der Waals surface area contributed by atoms with Gasteiger partial charge >= 0.3 is 6.18 Å². The largest absolute Gasteiger partial charge is 0.390 e. The highest BCUT2D eigenvalue weighted by molar-refractivity contribution is 5.80. The molecule has 0 saturated heterocycles. The maximum absolute atomic E-state index is 13.7. The van der Waals surface area contributed by atoms with Gasteiger partial charge in [0.1, 0.15) is 5.82 Å². The third kappa shape index (κ3) is 4.89. The van der Waals surface area contributed by atoms with E-state index in [-0.39, 0.29) is 24.3 Å². The second-order valence-corrected chi connectivity index (χ2v) is 5.24. The standard InChI is InChI=1S/C15H19F4N3/c1-2-20-14(21-8-7-15(17,18)19)22-13-9-11(13)10-5-3-4-6-12(10)16/h3-6,11,13H,2,7-9H2,1H3,(H2,20,21,22). The first-order valence-electron chi connectivity index (χ1n) is 7.26. The van der Waals surface area contributed by atoms with Crippen molar-refractivity contribution in [1.29, 1.82) is 0 Å². The molecule has 2 unspecified atom stereocenters. The zero-order valence-electron chi connectivity index (χ0n) is 12.3. The Bertz CT molecular complexity index is 528. The van der Waals surface area contributed by atoms with Gasteiger partial charge in [0.05, 0.1) is 13.0 Å². The Balaban J connectivity index is 1.90. The average molecular weight is 317 g/mol. The number of aliphatic imine (C=N–C) groups is 1. The molecule has 0 spiro atoms. The first-order valence-corrected chi connectivity index (χ1v) is 7.26. The molecule has 2 atom stereocenters. The lowest BCUT2D eigenvalue weighted by Gasteiger charge is -2.12. The van der Waals surface area contributed by atoms with E-state index < -0.39 is 12.6 Å². The third-order valence-electron chi connectivity index (χ3n) is 3.43. The number of nitrogens with one attached hydrogen (secondary N) is 2. The predicted molar refractivity (Wildman–Crippen MR) is 77.3 cm³/mol. The molecule has 122 valence electrons. The van der Waals surface area contributed by atoms with Gasteiger partial charge in [-0.25, -0.2) is 4.39 Å². The number of hydrogen-bond acceptors (Lipinski definition) is 1. The molecule has 1 aromatic carbocycles. The Morgan fingerprint density at radius 3 is 2.68 bits per heavy atom. The molecular formula is C15H19F4N3. The number of benzene rings is 1. The van der Waals surface area contributed by atoms with Crippen molar-refractivity contribution in [2.24, 2.45) is 4.99 Å². The third-order valence-corrected chi connectivity index (χ3v) is 3.43. The van der Waals surface area contributed by atoms with Crippen LogP contribution in [-0.2, 0) is 0 Å². The van der Waals surface area contributed by atoms with Crippen LogP contribution >= 0.6 is 0 Å². The van der Waals surface area contributed by atoms with E-state index in [9.17, 15) is 17.6 Å². The van der Waals surface area contributed by atoms with Crippen molar-refractivity contribution in [1.82, 2.24) is 10.6 Å². The van der Waals surface area contributed by atoms with Crippen LogP contribution in [0, 0.1) is 5.82 Å². The molecule has 2 rings (SSSR count). The molecule has 3 nitrogen and oxygen atoms in total. The molecule has 0 heterocycles. The highest BCUT2D eigenvalue weighted by Crippen LogP contribution is 2.41. The summed E-state index contributed by atoms with van der Waals surface area (Å²) in [6.07, 6.45) is -4.42. The van der Waals surface area contributed by atoms with Crippen LogP contribution in [0.4, 0.5) is 17.6 Å². The average Bonchev–Trinajstić information content (AvgIpc) is 3.17. The number of guanidine groups is 1. The van der Waals surface area contributed by atoms with Crippen molar-refractivity contribution in [3.63, 3.8) is 0 Å². The zero-order valence-corrected chi connectivity index (χ0v) is 12.3. The Kier molecular flexibility index (Phi) is 5.26. The second kappa shape index (κ2) is 6.98. The minimum Gasteiger partial charge on any atom is -0.357 e. The van der Waals surface area contributed by atoms with Crippen molar-refractivity contribution in [3.05, 3.63) is 35.6 Å². The Labute approximate surface area is 126 Å². The van der Waals surface area contributed by atoms with Gasteiger partial charge in [-0.1, -0.05) is 18.2 Å². The summed E-state index contributed by atoms with van der Waals surface area (Å²) in [6.45, 7) is 2.06. The maximum atomic E-state index is 13.7. The summed E-state index contributed by atoms with van der Waals surface area (Å²) < 4.78 is 50.1. The highest BCUT2D eigenvalue weighted by atomic mass is 19.4. The molecule has 7 heteroatoms. The quantitative estimate of drug-likeness (QED) is 0.497. The van der Waals surface area contributed by atoms with Crippen molar-refractivity contribution in [2.45, 2.75) is 37.9 Å². The summed E-state index contributed by atoms with van der Waals surface area (Å²) >= 11 is 0. The zero-order chi connectivity index (χ0) is 16.2. The van der Waals surface area contributed by atoms with Gasteiger partial charge in [0.15, 0.2) is 5.96 Å². The van der Waals surface area contributed by atoms with Gasteiger partial charge in [0.25, 0.3) is 0 Å². The highest BCUT2D eigenvalue weighted by Gasteiger charge is 2.40. The van der Waals surface area contributed by atoms with Crippen LogP contribution in [0.3, 0.4) is 0 Å². The van der Waals surface area contributed by atoms with E-state index in [0.29, 0.717) is 18.1 Å². The summed E-state index contributed by atoms with van der Waals surface area (Å²) in [6, 6.07) is 6.55. The number of halogens is 4. The predicted octanol–water partition coefficient (Wildman–Crippen LogP) is 3.19. The van der Waals surface area contributed by atoms with Crippen molar-refractivity contribution in [2.75, 3.05) is 13.1 Å². The van der Waals surface area contributed by atoms with Gasteiger partial charge in [-0.05, 0) is 25.0 Å². The smallest absolute Gasteiger partial charge is 0.357 e. The second-order valence-electron chi connectivity index (χ2n) is 5.24. The number of nitrogens with zero attached hydrogens (tertiary/aromatic N) is 1. The minimum absolute atomic E-state index is 0.000543. The summed E-state index contributed by atoms with van der Waals surface area (Å²) in [7, 11) is 0. The molecule has 1 fully saturated rings. The molecule has 0 aliphatic heterocycles. The molecule has 22 heavy (non-hydrogen) atoms. The van der Waals surface area contributed by atoms with Gasteiger partial charge < -0.3 is 10.6 Å². The van der Waals surface area contributed by atoms with Crippen LogP contribution < -0.4 is 10.6 Å². The first kappa shape index (κ1) is 16.6. The fourth-order valence-electron chi connectivity index (χ4n) is 2.26. The Morgan fingerprint density at radius 2 is 2.05 bits per heavy atom. The van der Waals surface area contributed by atoms with Gasteiger partial charge in [-0.2, -0.15) is 13.2 Å². The lowest BCUT2D eigenvalue weighted by molar-refractivity contribution is -0.132. The molecular weight excluding hydrogens is 298 g/mol. The molecule has 0 amide bonds. The van der Waals surface area contributed by atoms with E-state index in [1.807, 2.05) is 6.92 Å². The van der Waals surface area contributed by atoms with Crippen molar-refractivity contribution < 1.29 is 17.6 Å². The minimum atomic E-state index is -4.21. The van der Waals surface area contributed by atoms with Gasteiger partial charge in [-0.3, -0.25) is 4.99 Å². The Morgan fingerprint density at radius 1 is 1.32 bits per heavy atom. The maximum Gasteiger partial charge on any atom is 0.390 e. The van der Waals surface area contributed by atoms with E-state index in [1.165, 1.54) is 6.07 Å². The van der Waals surface area contributed by atoms with Crippen LogP contribution in [0.15, 0.2) is 29.3 Å². The normalized spacial score (nSPS) is 21.6. The van der Waals surface area contributed by atoms with Crippen molar-refractivity contribution in [3.8, 4) is 0 Å². The molecule has 1 saturated carbocycles. The van der Waals surface area contributed by atoms with Crippen LogP contribution in [0.25, 0.3) is 0 Å². The van der Waals surface area contributed by atoms with E-state index >= 15 is 0 Å². The molecule has 0 aromatic heterocycles. The molecule has 1 aliphatic rings. The lowest BCUT2D eigenvalue weighted by atomic mass is 10.1. The monoisotopic (exact) mass is 317 g/mol. The first-order chi connectivity index (χ1) is 10.4. The van der Waals surface area contributed by atoms with Crippen LogP contribution in [-0.4, -0.2) is 31.3 Å². The van der Waals surface area contributed by atoms with E-state index in [4.69, 9.17) is 0 Å². The molecule has 1 aliphatic carbocycles. The molecule has 0 bridgehead atoms.